The van der Waals surface area contributed by atoms with Crippen LogP contribution < -0.4 is 4.80 Å². The molecule has 1 aromatic carbocycles. The number of aromatic nitrogens is 1. The molecule has 0 atom stereocenters. The van der Waals surface area contributed by atoms with Gasteiger partial charge in [-0.2, -0.15) is 0 Å². The van der Waals surface area contributed by atoms with Crippen molar-refractivity contribution >= 4 is 21.6 Å². The molecule has 0 aliphatic carbocycles. The molecule has 0 spiro atoms. The summed E-state index contributed by atoms with van der Waals surface area (Å²) in [5.74, 6) is 0. The lowest BCUT2D eigenvalue weighted by Gasteiger charge is -1.91. The third-order valence-electron chi connectivity index (χ3n) is 1.84. The fraction of sp³-hybridized carbons (Fsp3) is 0.125. The Bertz CT molecular complexity index is 511. The van der Waals surface area contributed by atoms with Gasteiger partial charge in [0, 0.05) is 7.05 Å². The van der Waals surface area contributed by atoms with Gasteiger partial charge in [0.05, 0.1) is 15.5 Å². The van der Waals surface area contributed by atoms with Crippen molar-refractivity contribution in [3.05, 3.63) is 34.0 Å². The molecule has 66 valence electrons. The number of thiazole rings is 1. The molecule has 0 N–H and O–H groups in total. The first kappa shape index (κ1) is 8.12. The monoisotopic (exact) mass is 193 g/mol. The highest BCUT2D eigenvalue weighted by atomic mass is 32.1. The summed E-state index contributed by atoms with van der Waals surface area (Å²) in [6.07, 6.45) is 0. The summed E-state index contributed by atoms with van der Waals surface area (Å²) in [5.41, 5.74) is 1.06. The lowest BCUT2D eigenvalue weighted by Crippen LogP contribution is -2.08. The molecule has 0 fully saturated rings. The second kappa shape index (κ2) is 3.10. The van der Waals surface area contributed by atoms with Crippen LogP contribution in [0.15, 0.2) is 34.7 Å². The quantitative estimate of drug-likeness (QED) is 0.503. The van der Waals surface area contributed by atoms with Gasteiger partial charge >= 0.3 is 0 Å². The molecular weight excluding hydrogens is 186 g/mol. The predicted molar refractivity (Wildman–Crippen MR) is 52.2 cm³/mol. The minimum Gasteiger partial charge on any atom is -0.318 e. The third kappa shape index (κ3) is 1.27. The highest BCUT2D eigenvalue weighted by molar-refractivity contribution is 7.16. The summed E-state index contributed by atoms with van der Waals surface area (Å²) in [6, 6.07) is 7.88. The zero-order valence-electron chi connectivity index (χ0n) is 6.97. The van der Waals surface area contributed by atoms with E-state index in [1.54, 1.807) is 0 Å². The van der Waals surface area contributed by atoms with E-state index in [4.69, 9.17) is 0 Å². The Morgan fingerprint density at radius 2 is 2.15 bits per heavy atom. The summed E-state index contributed by atoms with van der Waals surface area (Å²) >= 11 is 1.45. The van der Waals surface area contributed by atoms with Crippen LogP contribution in [0.25, 0.3) is 10.2 Å². The molecule has 1 aromatic heterocycles. The molecule has 0 aliphatic rings. The molecule has 2 rings (SSSR count). The largest absolute Gasteiger partial charge is 0.318 e. The number of hydrogen-bond acceptors (Lipinski definition) is 3. The van der Waals surface area contributed by atoms with Crippen molar-refractivity contribution in [2.45, 2.75) is 0 Å². The maximum atomic E-state index is 9.98. The Balaban J connectivity index is 2.89. The van der Waals surface area contributed by atoms with E-state index in [9.17, 15) is 4.91 Å². The van der Waals surface area contributed by atoms with Gasteiger partial charge in [-0.15, -0.1) is 4.91 Å². The van der Waals surface area contributed by atoms with E-state index in [2.05, 4.69) is 10.4 Å². The number of fused-ring (bicyclic) bond motifs is 1. The van der Waals surface area contributed by atoms with Gasteiger partial charge in [0.25, 0.3) is 0 Å². The van der Waals surface area contributed by atoms with Crippen molar-refractivity contribution in [1.82, 2.24) is 4.57 Å². The first-order valence-electron chi connectivity index (χ1n) is 3.74. The standard InChI is InChI=1S/C8H7N3OS/c1-11-6-4-2-3-5-7(6)13-8(11)9-10-12/h2-5H,1H3/b9-8-. The molecule has 0 saturated carbocycles. The highest BCUT2D eigenvalue weighted by Crippen LogP contribution is 2.14. The topological polar surface area (TPSA) is 46.7 Å². The van der Waals surface area contributed by atoms with Crippen LogP contribution in [0, 0.1) is 4.91 Å². The fourth-order valence-electron chi connectivity index (χ4n) is 1.21. The first-order chi connectivity index (χ1) is 6.33. The van der Waals surface area contributed by atoms with Crippen LogP contribution in [-0.2, 0) is 7.05 Å². The number of hydrogen-bond donors (Lipinski definition) is 0. The molecule has 0 unspecified atom stereocenters. The molecule has 1 heterocycles. The normalized spacial score (nSPS) is 12.2. The van der Waals surface area contributed by atoms with Crippen molar-refractivity contribution in [3.8, 4) is 0 Å². The van der Waals surface area contributed by atoms with E-state index in [1.165, 1.54) is 11.3 Å². The van der Waals surface area contributed by atoms with Crippen LogP contribution in [0.1, 0.15) is 0 Å². The van der Waals surface area contributed by atoms with Gasteiger partial charge in [-0.05, 0) is 12.1 Å². The van der Waals surface area contributed by atoms with Crippen molar-refractivity contribution in [1.29, 1.82) is 0 Å². The molecule has 4 nitrogen and oxygen atoms in total. The van der Waals surface area contributed by atoms with Crippen LogP contribution in [-0.4, -0.2) is 4.57 Å². The Morgan fingerprint density at radius 3 is 2.85 bits per heavy atom. The predicted octanol–water partition coefficient (Wildman–Crippen LogP) is 1.82. The molecule has 0 bridgehead atoms. The Morgan fingerprint density at radius 1 is 1.38 bits per heavy atom. The number of nitroso groups, excluding NO2 is 1. The second-order valence-corrected chi connectivity index (χ2v) is 3.60. The lowest BCUT2D eigenvalue weighted by atomic mass is 10.3. The van der Waals surface area contributed by atoms with Crippen LogP contribution in [0.3, 0.4) is 0 Å². The van der Waals surface area contributed by atoms with E-state index in [-0.39, 0.29) is 0 Å². The van der Waals surface area contributed by atoms with Gasteiger partial charge < -0.3 is 4.57 Å². The highest BCUT2D eigenvalue weighted by Gasteiger charge is 2.00. The summed E-state index contributed by atoms with van der Waals surface area (Å²) in [4.78, 5) is 10.6. The molecule has 5 heteroatoms. The zero-order valence-corrected chi connectivity index (χ0v) is 7.78. The number of nitrogens with zero attached hydrogens (tertiary/aromatic N) is 3. The SMILES string of the molecule is Cn1/c(=N/N=O)sc2ccccc21. The molecular formula is C8H7N3OS. The minimum atomic E-state index is 0.621. The molecule has 0 amide bonds. The lowest BCUT2D eigenvalue weighted by molar-refractivity contribution is 0.886. The van der Waals surface area contributed by atoms with Crippen molar-refractivity contribution in [3.63, 3.8) is 0 Å². The van der Waals surface area contributed by atoms with Crippen molar-refractivity contribution < 1.29 is 0 Å². The van der Waals surface area contributed by atoms with Gasteiger partial charge in [-0.3, -0.25) is 0 Å². The maximum absolute atomic E-state index is 9.98. The molecule has 0 saturated heterocycles. The van der Waals surface area contributed by atoms with Crippen LogP contribution in [0.4, 0.5) is 0 Å². The van der Waals surface area contributed by atoms with Crippen molar-refractivity contribution in [2.75, 3.05) is 0 Å². The number of rotatable bonds is 1. The van der Waals surface area contributed by atoms with E-state index >= 15 is 0 Å². The Hall–Kier alpha value is -1.49. The Labute approximate surface area is 78.1 Å². The smallest absolute Gasteiger partial charge is 0.214 e. The van der Waals surface area contributed by atoms with E-state index in [0.29, 0.717) is 4.80 Å². The molecule has 0 radical (unpaired) electrons. The number of para-hydroxylation sites is 1. The van der Waals surface area contributed by atoms with Gasteiger partial charge in [-0.25, -0.2) is 0 Å². The third-order valence-corrected chi connectivity index (χ3v) is 2.94. The number of aryl methyl sites for hydroxylation is 1. The van der Waals surface area contributed by atoms with Crippen LogP contribution in [0.2, 0.25) is 0 Å². The first-order valence-corrected chi connectivity index (χ1v) is 4.55. The van der Waals surface area contributed by atoms with Crippen molar-refractivity contribution in [2.24, 2.45) is 17.4 Å². The van der Waals surface area contributed by atoms with Gasteiger partial charge in [0.15, 0.2) is 0 Å². The number of benzene rings is 1. The molecule has 13 heavy (non-hydrogen) atoms. The van der Waals surface area contributed by atoms with E-state index in [1.807, 2.05) is 35.9 Å². The van der Waals surface area contributed by atoms with E-state index < -0.39 is 0 Å². The summed E-state index contributed by atoms with van der Waals surface area (Å²) in [7, 11) is 1.86. The summed E-state index contributed by atoms with van der Waals surface area (Å²) in [6.45, 7) is 0. The van der Waals surface area contributed by atoms with Gasteiger partial charge in [0.1, 0.15) is 0 Å². The average molecular weight is 193 g/mol. The summed E-state index contributed by atoms with van der Waals surface area (Å²) in [5, 5.41) is 6.02. The summed E-state index contributed by atoms with van der Waals surface area (Å²) < 4.78 is 2.95. The van der Waals surface area contributed by atoms with E-state index in [0.717, 1.165) is 10.2 Å². The minimum absolute atomic E-state index is 0.621. The van der Waals surface area contributed by atoms with Crippen LogP contribution >= 0.6 is 11.3 Å². The second-order valence-electron chi connectivity index (χ2n) is 2.59. The maximum Gasteiger partial charge on any atom is 0.214 e. The average Bonchev–Trinajstić information content (AvgIpc) is 2.46. The Kier molecular flexibility index (Phi) is 1.94. The zero-order chi connectivity index (χ0) is 9.26. The van der Waals surface area contributed by atoms with Crippen LogP contribution in [0.5, 0.6) is 0 Å². The fourth-order valence-corrected chi connectivity index (χ4v) is 2.18. The molecule has 0 aliphatic heterocycles. The van der Waals surface area contributed by atoms with Gasteiger partial charge in [-0.1, -0.05) is 28.6 Å². The van der Waals surface area contributed by atoms with Gasteiger partial charge in [0.2, 0.25) is 4.80 Å². The molecule has 2 aromatic rings.